The lowest BCUT2D eigenvalue weighted by Gasteiger charge is -2.01. The van der Waals surface area contributed by atoms with Gasteiger partial charge in [0.05, 0.1) is 6.61 Å². The molecule has 0 aromatic carbocycles. The van der Waals surface area contributed by atoms with Crippen LogP contribution in [0.1, 0.15) is 27.2 Å². The van der Waals surface area contributed by atoms with Gasteiger partial charge in [0.15, 0.2) is 0 Å². The van der Waals surface area contributed by atoms with Gasteiger partial charge in [-0.2, -0.15) is 0 Å². The van der Waals surface area contributed by atoms with Crippen LogP contribution < -0.4 is 0 Å². The topological polar surface area (TPSA) is 9.23 Å². The van der Waals surface area contributed by atoms with Crippen molar-refractivity contribution in [1.29, 1.82) is 0 Å². The zero-order valence-electron chi connectivity index (χ0n) is 8.77. The monoisotopic (exact) mass is 202 g/mol. The van der Waals surface area contributed by atoms with Crippen molar-refractivity contribution in [3.8, 4) is 0 Å². The van der Waals surface area contributed by atoms with Crippen LogP contribution in [0.15, 0.2) is 36.1 Å². The molecule has 1 nitrogen and oxygen atoms in total. The highest BCUT2D eigenvalue weighted by Crippen LogP contribution is 2.03. The standard InChI is InChI=1S/C9H13ClO.C2H6/c1-4-7-11-9(3)6-5-8(2)10;1-2/h5-6H,2-4,7H2,1H3;1-2H3/b6-5-;. The second kappa shape index (κ2) is 11.3. The van der Waals surface area contributed by atoms with E-state index in [1.807, 2.05) is 20.8 Å². The minimum atomic E-state index is 0.478. The summed E-state index contributed by atoms with van der Waals surface area (Å²) in [5, 5.41) is 0.478. The summed E-state index contributed by atoms with van der Waals surface area (Å²) in [5.74, 6) is 0.619. The van der Waals surface area contributed by atoms with Crippen molar-refractivity contribution in [2.45, 2.75) is 27.2 Å². The van der Waals surface area contributed by atoms with Crippen molar-refractivity contribution >= 4 is 11.6 Å². The molecule has 0 aliphatic heterocycles. The Kier molecular flexibility index (Phi) is 12.9. The lowest BCUT2D eigenvalue weighted by molar-refractivity contribution is 0.226. The van der Waals surface area contributed by atoms with Crippen LogP contribution in [0.3, 0.4) is 0 Å². The number of hydrogen-bond donors (Lipinski definition) is 0. The lowest BCUT2D eigenvalue weighted by atomic mass is 10.4. The van der Waals surface area contributed by atoms with Crippen molar-refractivity contribution in [2.75, 3.05) is 6.61 Å². The van der Waals surface area contributed by atoms with E-state index in [9.17, 15) is 0 Å². The summed E-state index contributed by atoms with van der Waals surface area (Å²) in [6, 6.07) is 0. The van der Waals surface area contributed by atoms with Gasteiger partial charge in [0.25, 0.3) is 0 Å². The van der Waals surface area contributed by atoms with Crippen molar-refractivity contribution in [1.82, 2.24) is 0 Å². The normalized spacial score (nSPS) is 8.92. The van der Waals surface area contributed by atoms with Gasteiger partial charge in [0.1, 0.15) is 5.76 Å². The minimum absolute atomic E-state index is 0.478. The number of allylic oxidation sites excluding steroid dienone is 3. The molecule has 0 saturated heterocycles. The summed E-state index contributed by atoms with van der Waals surface area (Å²) >= 11 is 5.48. The third-order valence-corrected chi connectivity index (χ3v) is 1.07. The van der Waals surface area contributed by atoms with Gasteiger partial charge in [0, 0.05) is 5.03 Å². The minimum Gasteiger partial charge on any atom is -0.494 e. The number of rotatable bonds is 5. The maximum atomic E-state index is 5.48. The summed E-state index contributed by atoms with van der Waals surface area (Å²) in [5.41, 5.74) is 0. The van der Waals surface area contributed by atoms with Crippen LogP contribution in [0.5, 0.6) is 0 Å². The Morgan fingerprint density at radius 3 is 2.23 bits per heavy atom. The molecule has 0 atom stereocenters. The summed E-state index contributed by atoms with van der Waals surface area (Å²) in [6.45, 7) is 13.9. The second-order valence-corrected chi connectivity index (χ2v) is 2.58. The quantitative estimate of drug-likeness (QED) is 0.478. The third-order valence-electron chi connectivity index (χ3n) is 0.942. The van der Waals surface area contributed by atoms with Crippen molar-refractivity contribution < 1.29 is 4.74 Å². The van der Waals surface area contributed by atoms with Gasteiger partial charge in [0.2, 0.25) is 0 Å². The Morgan fingerprint density at radius 1 is 1.31 bits per heavy atom. The maximum Gasteiger partial charge on any atom is 0.112 e. The van der Waals surface area contributed by atoms with Crippen LogP contribution in [0.25, 0.3) is 0 Å². The van der Waals surface area contributed by atoms with Crippen molar-refractivity contribution in [2.24, 2.45) is 0 Å². The molecule has 0 unspecified atom stereocenters. The molecule has 0 aromatic heterocycles. The van der Waals surface area contributed by atoms with Gasteiger partial charge < -0.3 is 4.74 Å². The van der Waals surface area contributed by atoms with Crippen LogP contribution in [0.4, 0.5) is 0 Å². The number of halogens is 1. The van der Waals surface area contributed by atoms with Crippen LogP contribution in [-0.4, -0.2) is 6.61 Å². The first kappa shape index (κ1) is 14.8. The largest absolute Gasteiger partial charge is 0.494 e. The fraction of sp³-hybridized carbons (Fsp3) is 0.455. The molecule has 0 heterocycles. The van der Waals surface area contributed by atoms with Crippen molar-refractivity contribution in [3.63, 3.8) is 0 Å². The molecule has 0 radical (unpaired) electrons. The highest BCUT2D eigenvalue weighted by Gasteiger charge is 1.86. The van der Waals surface area contributed by atoms with Crippen LogP contribution in [0, 0.1) is 0 Å². The molecule has 0 saturated carbocycles. The fourth-order valence-corrected chi connectivity index (χ4v) is 0.528. The SMILES string of the molecule is C=C(Cl)/C=C\C(=C)OCCC.CC. The molecular weight excluding hydrogens is 184 g/mol. The first-order chi connectivity index (χ1) is 6.16. The Hall–Kier alpha value is -0.690. The lowest BCUT2D eigenvalue weighted by Crippen LogP contribution is -1.88. The summed E-state index contributed by atoms with van der Waals surface area (Å²) in [7, 11) is 0. The zero-order valence-corrected chi connectivity index (χ0v) is 9.53. The van der Waals surface area contributed by atoms with Crippen LogP contribution >= 0.6 is 11.6 Å². The van der Waals surface area contributed by atoms with E-state index >= 15 is 0 Å². The predicted octanol–water partition coefficient (Wildman–Crippen LogP) is 4.26. The van der Waals surface area contributed by atoms with Crippen LogP contribution in [0.2, 0.25) is 0 Å². The van der Waals surface area contributed by atoms with E-state index in [1.54, 1.807) is 12.2 Å². The Balaban J connectivity index is 0. The summed E-state index contributed by atoms with van der Waals surface area (Å²) < 4.78 is 5.16. The molecule has 0 aromatic rings. The maximum absolute atomic E-state index is 5.48. The smallest absolute Gasteiger partial charge is 0.112 e. The predicted molar refractivity (Wildman–Crippen MR) is 60.9 cm³/mol. The van der Waals surface area contributed by atoms with E-state index in [0.717, 1.165) is 6.42 Å². The van der Waals surface area contributed by atoms with E-state index in [2.05, 4.69) is 13.2 Å². The Morgan fingerprint density at radius 2 is 1.85 bits per heavy atom. The molecule has 0 rings (SSSR count). The van der Waals surface area contributed by atoms with E-state index in [1.165, 1.54) is 0 Å². The van der Waals surface area contributed by atoms with E-state index in [0.29, 0.717) is 17.4 Å². The first-order valence-electron chi connectivity index (χ1n) is 4.51. The average molecular weight is 203 g/mol. The molecule has 76 valence electrons. The molecule has 0 aliphatic carbocycles. The highest BCUT2D eigenvalue weighted by molar-refractivity contribution is 6.30. The van der Waals surface area contributed by atoms with Crippen molar-refractivity contribution in [3.05, 3.63) is 36.1 Å². The van der Waals surface area contributed by atoms with Gasteiger partial charge in [-0.1, -0.05) is 45.5 Å². The molecule has 0 amide bonds. The fourth-order valence-electron chi connectivity index (χ4n) is 0.465. The first-order valence-corrected chi connectivity index (χ1v) is 4.88. The van der Waals surface area contributed by atoms with Gasteiger partial charge in [-0.3, -0.25) is 0 Å². The molecule has 13 heavy (non-hydrogen) atoms. The van der Waals surface area contributed by atoms with Gasteiger partial charge >= 0.3 is 0 Å². The molecule has 0 N–H and O–H groups in total. The molecule has 0 spiro atoms. The molecular formula is C11H19ClO. The molecule has 2 heteroatoms. The summed E-state index contributed by atoms with van der Waals surface area (Å²) in [6.07, 6.45) is 4.33. The van der Waals surface area contributed by atoms with E-state index in [4.69, 9.17) is 16.3 Å². The second-order valence-electron chi connectivity index (χ2n) is 2.09. The number of ether oxygens (including phenoxy) is 1. The van der Waals surface area contributed by atoms with Crippen LogP contribution in [-0.2, 0) is 4.74 Å². The van der Waals surface area contributed by atoms with E-state index in [-0.39, 0.29) is 0 Å². The van der Waals surface area contributed by atoms with Gasteiger partial charge in [-0.25, -0.2) is 0 Å². The number of hydrogen-bond acceptors (Lipinski definition) is 1. The van der Waals surface area contributed by atoms with Gasteiger partial charge in [-0.05, 0) is 18.6 Å². The molecule has 0 bridgehead atoms. The summed E-state index contributed by atoms with van der Waals surface area (Å²) in [4.78, 5) is 0. The highest BCUT2D eigenvalue weighted by atomic mass is 35.5. The Bertz CT molecular complexity index is 171. The van der Waals surface area contributed by atoms with E-state index < -0.39 is 0 Å². The molecule has 0 fully saturated rings. The molecule has 0 aliphatic rings. The average Bonchev–Trinajstić information content (AvgIpc) is 2.14. The van der Waals surface area contributed by atoms with Gasteiger partial charge in [-0.15, -0.1) is 0 Å². The zero-order chi connectivity index (χ0) is 10.7. The third kappa shape index (κ3) is 14.2. The Labute approximate surface area is 86.7 Å².